The van der Waals surface area contributed by atoms with Crippen LogP contribution in [0.5, 0.6) is 5.75 Å². The Kier molecular flexibility index (Phi) is 4.81. The average molecular weight is 370 g/mol. The van der Waals surface area contributed by atoms with Crippen LogP contribution >= 0.6 is 0 Å². The van der Waals surface area contributed by atoms with Gasteiger partial charge in [0.15, 0.2) is 0 Å². The van der Waals surface area contributed by atoms with Gasteiger partial charge in [0, 0.05) is 26.2 Å². The van der Waals surface area contributed by atoms with Crippen molar-refractivity contribution in [3.05, 3.63) is 36.4 Å². The molecule has 1 aliphatic heterocycles. The lowest BCUT2D eigenvalue weighted by Crippen LogP contribution is -2.52. The van der Waals surface area contributed by atoms with Crippen LogP contribution in [0.3, 0.4) is 0 Å². The number of piperazine rings is 1. The van der Waals surface area contributed by atoms with Crippen molar-refractivity contribution in [1.82, 2.24) is 4.90 Å². The fraction of sp³-hybridized carbons (Fsp3) is 0.524. The molecule has 2 bridgehead atoms. The first-order chi connectivity index (χ1) is 13.1. The van der Waals surface area contributed by atoms with Gasteiger partial charge in [0.25, 0.3) is 0 Å². The molecule has 1 heterocycles. The highest BCUT2D eigenvalue weighted by Crippen LogP contribution is 2.48. The van der Waals surface area contributed by atoms with Gasteiger partial charge in [-0.15, -0.1) is 0 Å². The zero-order valence-electron chi connectivity index (χ0n) is 15.6. The van der Waals surface area contributed by atoms with Crippen LogP contribution in [-0.2, 0) is 9.59 Å². The van der Waals surface area contributed by atoms with Crippen LogP contribution in [0.15, 0.2) is 36.4 Å². The van der Waals surface area contributed by atoms with Crippen LogP contribution in [0.2, 0.25) is 0 Å². The molecule has 0 spiro atoms. The minimum atomic E-state index is -0.838. The first kappa shape index (κ1) is 17.9. The molecule has 1 saturated heterocycles. The highest BCUT2D eigenvalue weighted by Gasteiger charge is 2.52. The number of anilines is 1. The predicted molar refractivity (Wildman–Crippen MR) is 102 cm³/mol. The van der Waals surface area contributed by atoms with Crippen molar-refractivity contribution in [2.45, 2.75) is 13.3 Å². The smallest absolute Gasteiger partial charge is 0.307 e. The number of fused-ring (bicyclic) bond motifs is 2. The maximum Gasteiger partial charge on any atom is 0.307 e. The molecule has 144 valence electrons. The number of amides is 1. The summed E-state index contributed by atoms with van der Waals surface area (Å²) in [6.45, 7) is 5.26. The second-order valence-corrected chi connectivity index (χ2v) is 7.55. The summed E-state index contributed by atoms with van der Waals surface area (Å²) < 4.78 is 5.72. The topological polar surface area (TPSA) is 70.1 Å². The van der Waals surface area contributed by atoms with Gasteiger partial charge in [-0.3, -0.25) is 9.59 Å². The standard InChI is InChI=1S/C21H26N2O4/c1-2-27-17-6-4-3-5-16(17)22-9-11-23(12-10-22)20(24)18-14-7-8-15(13-14)19(18)21(25)26/h3-8,14-15,18-19H,2,9-13H2,1H3,(H,25,26)/t14-,15+,18+,19+/m1/s1. The number of ether oxygens (including phenoxy) is 1. The molecule has 4 rings (SSSR count). The Morgan fingerprint density at radius 1 is 1.07 bits per heavy atom. The minimum Gasteiger partial charge on any atom is -0.492 e. The van der Waals surface area contributed by atoms with Gasteiger partial charge in [-0.05, 0) is 37.3 Å². The second-order valence-electron chi connectivity index (χ2n) is 7.55. The molecule has 1 saturated carbocycles. The van der Waals surface area contributed by atoms with E-state index >= 15 is 0 Å². The van der Waals surface area contributed by atoms with E-state index in [0.29, 0.717) is 19.7 Å². The SMILES string of the molecule is CCOc1ccccc1N1CCN(C(=O)[C@@H]2[C@@H](C(=O)O)[C@H]3C=C[C@@H]2C3)CC1. The number of allylic oxidation sites excluding steroid dienone is 2. The monoisotopic (exact) mass is 370 g/mol. The molecule has 3 aliphatic rings. The molecule has 1 N–H and O–H groups in total. The van der Waals surface area contributed by atoms with E-state index in [2.05, 4.69) is 4.90 Å². The van der Waals surface area contributed by atoms with E-state index in [1.54, 1.807) is 0 Å². The highest BCUT2D eigenvalue weighted by atomic mass is 16.5. The van der Waals surface area contributed by atoms with Gasteiger partial charge in [-0.1, -0.05) is 24.3 Å². The molecule has 4 atom stereocenters. The molecular weight excluding hydrogens is 344 g/mol. The summed E-state index contributed by atoms with van der Waals surface area (Å²) in [5.41, 5.74) is 1.05. The number of hydrogen-bond donors (Lipinski definition) is 1. The molecule has 0 radical (unpaired) electrons. The van der Waals surface area contributed by atoms with Gasteiger partial charge in [0.05, 0.1) is 24.1 Å². The van der Waals surface area contributed by atoms with Crippen LogP contribution in [-0.4, -0.2) is 54.7 Å². The van der Waals surface area contributed by atoms with E-state index in [-0.39, 0.29) is 17.7 Å². The predicted octanol–water partition coefficient (Wildman–Crippen LogP) is 2.26. The summed E-state index contributed by atoms with van der Waals surface area (Å²) >= 11 is 0. The Hall–Kier alpha value is -2.50. The van der Waals surface area contributed by atoms with Crippen molar-refractivity contribution in [2.75, 3.05) is 37.7 Å². The minimum absolute atomic E-state index is 0.0111. The van der Waals surface area contributed by atoms with E-state index in [1.807, 2.05) is 48.2 Å². The number of benzene rings is 1. The molecule has 2 aliphatic carbocycles. The normalized spacial score (nSPS) is 29.2. The largest absolute Gasteiger partial charge is 0.492 e. The third-order valence-electron chi connectivity index (χ3n) is 6.13. The fourth-order valence-corrected chi connectivity index (χ4v) is 4.87. The molecule has 6 nitrogen and oxygen atoms in total. The maximum atomic E-state index is 13.1. The van der Waals surface area contributed by atoms with Gasteiger partial charge >= 0.3 is 5.97 Å². The van der Waals surface area contributed by atoms with Crippen LogP contribution < -0.4 is 9.64 Å². The molecule has 27 heavy (non-hydrogen) atoms. The third-order valence-corrected chi connectivity index (χ3v) is 6.13. The second kappa shape index (κ2) is 7.25. The molecule has 2 fully saturated rings. The first-order valence-corrected chi connectivity index (χ1v) is 9.77. The lowest BCUT2D eigenvalue weighted by molar-refractivity contribution is -0.151. The number of carboxylic acids is 1. The van der Waals surface area contributed by atoms with Gasteiger partial charge in [-0.25, -0.2) is 0 Å². The average Bonchev–Trinajstić information content (AvgIpc) is 3.30. The van der Waals surface area contributed by atoms with Gasteiger partial charge in [0.1, 0.15) is 5.75 Å². The number of carbonyl (C=O) groups excluding carboxylic acids is 1. The van der Waals surface area contributed by atoms with Gasteiger partial charge < -0.3 is 19.6 Å². The van der Waals surface area contributed by atoms with Crippen LogP contribution in [0.25, 0.3) is 0 Å². The van der Waals surface area contributed by atoms with Crippen LogP contribution in [0.4, 0.5) is 5.69 Å². The van der Waals surface area contributed by atoms with Gasteiger partial charge in [-0.2, -0.15) is 0 Å². The molecule has 0 unspecified atom stereocenters. The van der Waals surface area contributed by atoms with Crippen LogP contribution in [0.1, 0.15) is 13.3 Å². The Balaban J connectivity index is 1.43. The van der Waals surface area contributed by atoms with Crippen LogP contribution in [0, 0.1) is 23.7 Å². The molecule has 6 heteroatoms. The highest BCUT2D eigenvalue weighted by molar-refractivity contribution is 5.87. The number of carbonyl (C=O) groups is 2. The zero-order chi connectivity index (χ0) is 19.0. The maximum absolute atomic E-state index is 13.1. The number of hydrogen-bond acceptors (Lipinski definition) is 4. The molecule has 1 aromatic rings. The van der Waals surface area contributed by atoms with E-state index in [1.165, 1.54) is 0 Å². The van der Waals surface area contributed by atoms with Crippen molar-refractivity contribution in [3.8, 4) is 5.75 Å². The van der Waals surface area contributed by atoms with E-state index < -0.39 is 17.8 Å². The Bertz CT molecular complexity index is 754. The number of rotatable bonds is 5. The Morgan fingerprint density at radius 3 is 2.41 bits per heavy atom. The summed E-state index contributed by atoms with van der Waals surface area (Å²) in [6, 6.07) is 7.97. The van der Waals surface area contributed by atoms with Crippen molar-refractivity contribution >= 4 is 17.6 Å². The molecule has 1 aromatic carbocycles. The van der Waals surface area contributed by atoms with Crippen molar-refractivity contribution in [2.24, 2.45) is 23.7 Å². The number of nitrogens with zero attached hydrogens (tertiary/aromatic N) is 2. The van der Waals surface area contributed by atoms with E-state index in [9.17, 15) is 14.7 Å². The lowest BCUT2D eigenvalue weighted by Gasteiger charge is -2.39. The zero-order valence-corrected chi connectivity index (χ0v) is 15.6. The molecular formula is C21H26N2O4. The third kappa shape index (κ3) is 3.17. The summed E-state index contributed by atoms with van der Waals surface area (Å²) in [6.07, 6.45) is 4.83. The summed E-state index contributed by atoms with van der Waals surface area (Å²) in [5.74, 6) is -0.833. The summed E-state index contributed by atoms with van der Waals surface area (Å²) in [4.78, 5) is 28.9. The number of aliphatic carboxylic acids is 1. The van der Waals surface area contributed by atoms with Crippen molar-refractivity contribution in [3.63, 3.8) is 0 Å². The van der Waals surface area contributed by atoms with E-state index in [0.717, 1.165) is 30.9 Å². The summed E-state index contributed by atoms with van der Waals surface area (Å²) in [5, 5.41) is 9.60. The number of carboxylic acid groups (broad SMARTS) is 1. The number of para-hydroxylation sites is 2. The molecule has 1 amide bonds. The summed E-state index contributed by atoms with van der Waals surface area (Å²) in [7, 11) is 0. The van der Waals surface area contributed by atoms with E-state index in [4.69, 9.17) is 4.74 Å². The lowest BCUT2D eigenvalue weighted by atomic mass is 9.82. The first-order valence-electron chi connectivity index (χ1n) is 9.77. The molecule has 0 aromatic heterocycles. The Morgan fingerprint density at radius 2 is 1.74 bits per heavy atom. The fourth-order valence-electron chi connectivity index (χ4n) is 4.87. The van der Waals surface area contributed by atoms with Crippen molar-refractivity contribution < 1.29 is 19.4 Å². The Labute approximate surface area is 159 Å². The quantitative estimate of drug-likeness (QED) is 0.805. The van der Waals surface area contributed by atoms with Crippen molar-refractivity contribution in [1.29, 1.82) is 0 Å². The van der Waals surface area contributed by atoms with Gasteiger partial charge in [0.2, 0.25) is 5.91 Å².